The molecule has 3 nitrogen and oxygen atoms in total. The van der Waals surface area contributed by atoms with Gasteiger partial charge in [-0.2, -0.15) is 0 Å². The Balaban J connectivity index is 2.20. The molecule has 1 atom stereocenters. The number of carbonyl (C=O) groups is 1. The number of halogens is 2. The Morgan fingerprint density at radius 1 is 1.47 bits per heavy atom. The minimum Gasteiger partial charge on any atom is -0.446 e. The molecule has 15 heavy (non-hydrogen) atoms. The fraction of sp³-hybridized carbons (Fsp3) is 0.300. The van der Waals surface area contributed by atoms with E-state index >= 15 is 0 Å². The number of fused-ring (bicyclic) bond motifs is 1. The van der Waals surface area contributed by atoms with Crippen LogP contribution < -0.4 is 5.73 Å². The van der Waals surface area contributed by atoms with Gasteiger partial charge in [0, 0.05) is 17.3 Å². The molecule has 5 heteroatoms. The molecule has 0 aliphatic heterocycles. The van der Waals surface area contributed by atoms with Crippen LogP contribution in [0.25, 0.3) is 0 Å². The van der Waals surface area contributed by atoms with Gasteiger partial charge in [-0.05, 0) is 39.2 Å². The second kappa shape index (κ2) is 4.02. The molecule has 1 unspecified atom stereocenters. The average Bonchev–Trinajstić information content (AvgIpc) is 2.46. The molecular weight excluding hydrogens is 281 g/mol. The van der Waals surface area contributed by atoms with Crippen LogP contribution in [0.4, 0.5) is 4.79 Å². The van der Waals surface area contributed by atoms with Gasteiger partial charge in [0.15, 0.2) is 0 Å². The fourth-order valence-corrected chi connectivity index (χ4v) is 2.40. The molecule has 1 amide bonds. The Labute approximate surface area is 101 Å². The Morgan fingerprint density at radius 2 is 2.07 bits per heavy atom. The first-order valence-corrected chi connectivity index (χ1v) is 5.66. The first kappa shape index (κ1) is 10.8. The van der Waals surface area contributed by atoms with Gasteiger partial charge in [0.2, 0.25) is 0 Å². The van der Waals surface area contributed by atoms with E-state index in [4.69, 9.17) is 22.1 Å². The van der Waals surface area contributed by atoms with Crippen molar-refractivity contribution in [3.05, 3.63) is 32.8 Å². The van der Waals surface area contributed by atoms with E-state index in [9.17, 15) is 4.79 Å². The third-order valence-corrected chi connectivity index (χ3v) is 3.62. The second-order valence-electron chi connectivity index (χ2n) is 3.50. The van der Waals surface area contributed by atoms with E-state index in [2.05, 4.69) is 15.9 Å². The Morgan fingerprint density at radius 3 is 2.67 bits per heavy atom. The minimum absolute atomic E-state index is 0.150. The maximum Gasteiger partial charge on any atom is 0.404 e. The highest BCUT2D eigenvalue weighted by molar-refractivity contribution is 9.10. The van der Waals surface area contributed by atoms with Crippen LogP contribution in [0.5, 0.6) is 0 Å². The van der Waals surface area contributed by atoms with Gasteiger partial charge in [-0.15, -0.1) is 0 Å². The van der Waals surface area contributed by atoms with Crippen molar-refractivity contribution >= 4 is 33.6 Å². The molecule has 1 aromatic rings. The first-order valence-electron chi connectivity index (χ1n) is 4.49. The van der Waals surface area contributed by atoms with Crippen molar-refractivity contribution in [1.82, 2.24) is 0 Å². The largest absolute Gasteiger partial charge is 0.446 e. The van der Waals surface area contributed by atoms with Gasteiger partial charge in [-0.1, -0.05) is 11.6 Å². The van der Waals surface area contributed by atoms with Crippen LogP contribution in [0, 0.1) is 0 Å². The number of hydrogen-bond donors (Lipinski definition) is 1. The molecule has 0 saturated carbocycles. The minimum atomic E-state index is -0.724. The summed E-state index contributed by atoms with van der Waals surface area (Å²) in [6.07, 6.45) is 0.514. The molecule has 0 bridgehead atoms. The molecule has 0 radical (unpaired) electrons. The van der Waals surface area contributed by atoms with Crippen molar-refractivity contribution in [1.29, 1.82) is 0 Å². The SMILES string of the molecule is NC(=O)OC1Cc2cc(Cl)c(Br)cc2C1. The summed E-state index contributed by atoms with van der Waals surface area (Å²) in [5.41, 5.74) is 7.24. The van der Waals surface area contributed by atoms with Crippen molar-refractivity contribution < 1.29 is 9.53 Å². The number of carbonyl (C=O) groups excluding carboxylic acids is 1. The van der Waals surface area contributed by atoms with E-state index in [1.165, 1.54) is 0 Å². The molecule has 80 valence electrons. The Bertz CT molecular complexity index is 391. The van der Waals surface area contributed by atoms with Gasteiger partial charge in [-0.3, -0.25) is 0 Å². The lowest BCUT2D eigenvalue weighted by molar-refractivity contribution is 0.112. The van der Waals surface area contributed by atoms with Crippen LogP contribution >= 0.6 is 27.5 Å². The fourth-order valence-electron chi connectivity index (χ4n) is 1.82. The quantitative estimate of drug-likeness (QED) is 0.864. The number of hydrogen-bond acceptors (Lipinski definition) is 2. The van der Waals surface area contributed by atoms with Crippen LogP contribution in [0.1, 0.15) is 11.1 Å². The van der Waals surface area contributed by atoms with Crippen LogP contribution in [-0.2, 0) is 17.6 Å². The van der Waals surface area contributed by atoms with E-state index in [0.717, 1.165) is 15.6 Å². The predicted molar refractivity (Wildman–Crippen MR) is 61.0 cm³/mol. The number of ether oxygens (including phenoxy) is 1. The summed E-state index contributed by atoms with van der Waals surface area (Å²) in [6.45, 7) is 0. The maximum atomic E-state index is 10.6. The summed E-state index contributed by atoms with van der Waals surface area (Å²) in [5.74, 6) is 0. The highest BCUT2D eigenvalue weighted by atomic mass is 79.9. The van der Waals surface area contributed by atoms with Crippen molar-refractivity contribution in [3.63, 3.8) is 0 Å². The zero-order valence-corrected chi connectivity index (χ0v) is 10.1. The Hall–Kier alpha value is -0.740. The topological polar surface area (TPSA) is 52.3 Å². The van der Waals surface area contributed by atoms with Gasteiger partial charge in [-0.25, -0.2) is 4.79 Å². The summed E-state index contributed by atoms with van der Waals surface area (Å²) < 4.78 is 5.82. The van der Waals surface area contributed by atoms with E-state index in [1.54, 1.807) is 0 Å². The third kappa shape index (κ3) is 2.26. The number of rotatable bonds is 1. The molecule has 0 aromatic heterocycles. The lowest BCUT2D eigenvalue weighted by atomic mass is 10.1. The van der Waals surface area contributed by atoms with Crippen LogP contribution in [-0.4, -0.2) is 12.2 Å². The van der Waals surface area contributed by atoms with Crippen molar-refractivity contribution in [2.24, 2.45) is 5.73 Å². The van der Waals surface area contributed by atoms with Gasteiger partial charge in [0.25, 0.3) is 0 Å². The maximum absolute atomic E-state index is 10.6. The summed E-state index contributed by atoms with van der Waals surface area (Å²) in [6, 6.07) is 3.85. The number of primary amides is 1. The molecule has 2 N–H and O–H groups in total. The predicted octanol–water partition coefficient (Wildman–Crippen LogP) is 2.67. The summed E-state index contributed by atoms with van der Waals surface area (Å²) >= 11 is 9.32. The van der Waals surface area contributed by atoms with Crippen molar-refractivity contribution in [2.45, 2.75) is 18.9 Å². The average molecular weight is 291 g/mol. The molecule has 0 spiro atoms. The molecule has 1 aromatic carbocycles. The Kier molecular flexibility index (Phi) is 2.89. The lowest BCUT2D eigenvalue weighted by Crippen LogP contribution is -2.22. The molecule has 0 fully saturated rings. The van der Waals surface area contributed by atoms with Gasteiger partial charge in [0.05, 0.1) is 5.02 Å². The van der Waals surface area contributed by atoms with E-state index < -0.39 is 6.09 Å². The van der Waals surface area contributed by atoms with Crippen molar-refractivity contribution in [2.75, 3.05) is 0 Å². The van der Waals surface area contributed by atoms with Crippen LogP contribution in [0.2, 0.25) is 5.02 Å². The molecule has 0 heterocycles. The van der Waals surface area contributed by atoms with E-state index in [0.29, 0.717) is 17.9 Å². The normalized spacial score (nSPS) is 18.7. The van der Waals surface area contributed by atoms with Gasteiger partial charge in [0.1, 0.15) is 6.10 Å². The second-order valence-corrected chi connectivity index (χ2v) is 4.76. The van der Waals surface area contributed by atoms with E-state index in [1.807, 2.05) is 12.1 Å². The standard InChI is InChI=1S/C10H9BrClNO2/c11-8-3-5-1-7(15-10(13)14)2-6(5)4-9(8)12/h3-4,7H,1-2H2,(H2,13,14). The monoisotopic (exact) mass is 289 g/mol. The summed E-state index contributed by atoms with van der Waals surface area (Å²) in [4.78, 5) is 10.6. The molecule has 1 aliphatic rings. The molecular formula is C10H9BrClNO2. The number of amides is 1. The molecule has 2 rings (SSSR count). The zero-order valence-electron chi connectivity index (χ0n) is 7.80. The smallest absolute Gasteiger partial charge is 0.404 e. The van der Waals surface area contributed by atoms with E-state index in [-0.39, 0.29) is 6.10 Å². The highest BCUT2D eigenvalue weighted by Crippen LogP contribution is 2.32. The summed E-state index contributed by atoms with van der Waals surface area (Å²) in [7, 11) is 0. The van der Waals surface area contributed by atoms with Crippen molar-refractivity contribution in [3.8, 4) is 0 Å². The number of benzene rings is 1. The van der Waals surface area contributed by atoms with Crippen LogP contribution in [0.3, 0.4) is 0 Å². The van der Waals surface area contributed by atoms with Crippen LogP contribution in [0.15, 0.2) is 16.6 Å². The lowest BCUT2D eigenvalue weighted by Gasteiger charge is -2.07. The van der Waals surface area contributed by atoms with Gasteiger partial charge < -0.3 is 10.5 Å². The highest BCUT2D eigenvalue weighted by Gasteiger charge is 2.24. The summed E-state index contributed by atoms with van der Waals surface area (Å²) in [5, 5.41) is 0.675. The third-order valence-electron chi connectivity index (χ3n) is 2.42. The molecule has 0 saturated heterocycles. The zero-order chi connectivity index (χ0) is 11.0. The number of nitrogens with two attached hydrogens (primary N) is 1. The first-order chi connectivity index (χ1) is 7.06. The van der Waals surface area contributed by atoms with Gasteiger partial charge >= 0.3 is 6.09 Å². The molecule has 1 aliphatic carbocycles.